The van der Waals surface area contributed by atoms with E-state index in [4.69, 9.17) is 16.9 Å². The smallest absolute Gasteiger partial charge is 0.110 e. The van der Waals surface area contributed by atoms with Gasteiger partial charge < -0.3 is 5.32 Å². The molecule has 1 aromatic carbocycles. The Bertz CT molecular complexity index is 574. The van der Waals surface area contributed by atoms with Gasteiger partial charge in [0.1, 0.15) is 10.9 Å². The second kappa shape index (κ2) is 5.71. The van der Waals surface area contributed by atoms with Gasteiger partial charge in [0, 0.05) is 15.0 Å². The molecule has 0 unspecified atom stereocenters. The van der Waals surface area contributed by atoms with Crippen LogP contribution in [0.15, 0.2) is 30.3 Å². The van der Waals surface area contributed by atoms with E-state index in [0.717, 1.165) is 19.0 Å². The summed E-state index contributed by atoms with van der Waals surface area (Å²) in [6.07, 6.45) is 0. The number of anilines is 1. The molecule has 1 heterocycles. The summed E-state index contributed by atoms with van der Waals surface area (Å²) in [7, 11) is 0. The Morgan fingerprint density at radius 3 is 2.82 bits per heavy atom. The Balaban J connectivity index is 2.05. The molecule has 0 atom stereocenters. The summed E-state index contributed by atoms with van der Waals surface area (Å²) in [4.78, 5) is 1.85. The van der Waals surface area contributed by atoms with Gasteiger partial charge in [-0.05, 0) is 52.9 Å². The van der Waals surface area contributed by atoms with Gasteiger partial charge in [0.05, 0.1) is 10.7 Å². The Morgan fingerprint density at radius 1 is 1.35 bits per heavy atom. The van der Waals surface area contributed by atoms with Gasteiger partial charge in [-0.3, -0.25) is 0 Å². The summed E-state index contributed by atoms with van der Waals surface area (Å²) >= 11 is 9.83. The van der Waals surface area contributed by atoms with Crippen LogP contribution in [0.5, 0.6) is 0 Å². The highest BCUT2D eigenvalue weighted by atomic mass is 127. The number of benzene rings is 1. The zero-order valence-corrected chi connectivity index (χ0v) is 12.4. The molecule has 86 valence electrons. The van der Waals surface area contributed by atoms with Crippen LogP contribution < -0.4 is 5.32 Å². The Kier molecular flexibility index (Phi) is 4.26. The highest BCUT2D eigenvalue weighted by molar-refractivity contribution is 14.1. The van der Waals surface area contributed by atoms with Crippen molar-refractivity contribution in [3.63, 3.8) is 0 Å². The number of nitriles is 1. The summed E-state index contributed by atoms with van der Waals surface area (Å²) in [6, 6.07) is 11.8. The summed E-state index contributed by atoms with van der Waals surface area (Å²) in [5.74, 6) is 0. The van der Waals surface area contributed by atoms with Gasteiger partial charge in [0.15, 0.2) is 0 Å². The molecular formula is C12H8ClIN2S. The number of hydrogen-bond donors (Lipinski definition) is 1. The van der Waals surface area contributed by atoms with Crippen molar-refractivity contribution in [2.75, 3.05) is 5.32 Å². The van der Waals surface area contributed by atoms with Crippen LogP contribution in [-0.2, 0) is 6.54 Å². The van der Waals surface area contributed by atoms with E-state index in [2.05, 4.69) is 34.0 Å². The molecule has 5 heteroatoms. The van der Waals surface area contributed by atoms with E-state index in [1.165, 1.54) is 11.3 Å². The largest absolute Gasteiger partial charge is 0.379 e. The second-order valence-corrected chi connectivity index (χ2v) is 6.18. The van der Waals surface area contributed by atoms with Crippen LogP contribution in [0.3, 0.4) is 0 Å². The zero-order chi connectivity index (χ0) is 12.3. The SMILES string of the molecule is N#Cc1ccc(CNc2ccc(I)cc2Cl)s1. The van der Waals surface area contributed by atoms with Crippen molar-refractivity contribution in [3.05, 3.63) is 48.7 Å². The zero-order valence-electron chi connectivity index (χ0n) is 8.71. The Labute approximate surface area is 122 Å². The van der Waals surface area contributed by atoms with Gasteiger partial charge in [-0.15, -0.1) is 11.3 Å². The molecule has 0 radical (unpaired) electrons. The molecule has 0 aliphatic rings. The molecular weight excluding hydrogens is 367 g/mol. The standard InChI is InChI=1S/C12H8ClIN2S/c13-11-5-8(14)1-4-12(11)16-7-10-3-2-9(6-15)17-10/h1-5,16H,7H2. The normalized spacial score (nSPS) is 9.94. The van der Waals surface area contributed by atoms with E-state index in [1.54, 1.807) is 0 Å². The van der Waals surface area contributed by atoms with Gasteiger partial charge in [-0.1, -0.05) is 11.6 Å². The molecule has 1 N–H and O–H groups in total. The molecule has 0 saturated carbocycles. The van der Waals surface area contributed by atoms with Gasteiger partial charge in [-0.25, -0.2) is 0 Å². The molecule has 1 aromatic heterocycles. The molecule has 0 bridgehead atoms. The van der Waals surface area contributed by atoms with Crippen molar-refractivity contribution in [1.29, 1.82) is 5.26 Å². The van der Waals surface area contributed by atoms with Crippen molar-refractivity contribution < 1.29 is 0 Å². The molecule has 0 saturated heterocycles. The maximum absolute atomic E-state index is 8.73. The third-order valence-electron chi connectivity index (χ3n) is 2.16. The lowest BCUT2D eigenvalue weighted by Crippen LogP contribution is -1.97. The third kappa shape index (κ3) is 3.35. The Morgan fingerprint density at radius 2 is 2.18 bits per heavy atom. The first-order valence-electron chi connectivity index (χ1n) is 4.87. The third-order valence-corrected chi connectivity index (χ3v) is 4.13. The van der Waals surface area contributed by atoms with E-state index in [1.807, 2.05) is 30.3 Å². The second-order valence-electron chi connectivity index (χ2n) is 3.36. The van der Waals surface area contributed by atoms with Gasteiger partial charge in [0.2, 0.25) is 0 Å². The van der Waals surface area contributed by atoms with Crippen LogP contribution >= 0.6 is 45.5 Å². The fourth-order valence-corrected chi connectivity index (χ4v) is 3.02. The van der Waals surface area contributed by atoms with Crippen molar-refractivity contribution in [2.45, 2.75) is 6.54 Å². The highest BCUT2D eigenvalue weighted by Crippen LogP contribution is 2.25. The molecule has 17 heavy (non-hydrogen) atoms. The lowest BCUT2D eigenvalue weighted by atomic mass is 10.3. The van der Waals surface area contributed by atoms with Gasteiger partial charge >= 0.3 is 0 Å². The van der Waals surface area contributed by atoms with Crippen LogP contribution in [0.4, 0.5) is 5.69 Å². The number of hydrogen-bond acceptors (Lipinski definition) is 3. The first-order valence-corrected chi connectivity index (χ1v) is 7.14. The monoisotopic (exact) mass is 374 g/mol. The van der Waals surface area contributed by atoms with Crippen LogP contribution in [0, 0.1) is 14.9 Å². The number of nitrogens with zero attached hydrogens (tertiary/aromatic N) is 1. The van der Waals surface area contributed by atoms with E-state index in [-0.39, 0.29) is 0 Å². The highest BCUT2D eigenvalue weighted by Gasteiger charge is 2.02. The molecule has 2 nitrogen and oxygen atoms in total. The number of halogens is 2. The fourth-order valence-electron chi connectivity index (χ4n) is 1.35. The minimum Gasteiger partial charge on any atom is -0.379 e. The average molecular weight is 375 g/mol. The predicted octanol–water partition coefficient (Wildman–Crippen LogP) is 4.49. The number of nitrogens with one attached hydrogen (secondary N) is 1. The quantitative estimate of drug-likeness (QED) is 0.804. The van der Waals surface area contributed by atoms with E-state index in [9.17, 15) is 0 Å². The number of rotatable bonds is 3. The number of thiophene rings is 1. The van der Waals surface area contributed by atoms with Crippen LogP contribution in [0.25, 0.3) is 0 Å². The van der Waals surface area contributed by atoms with Crippen molar-refractivity contribution in [1.82, 2.24) is 0 Å². The van der Waals surface area contributed by atoms with E-state index < -0.39 is 0 Å². The molecule has 0 aliphatic heterocycles. The lowest BCUT2D eigenvalue weighted by Gasteiger charge is -2.07. The van der Waals surface area contributed by atoms with E-state index in [0.29, 0.717) is 11.6 Å². The lowest BCUT2D eigenvalue weighted by molar-refractivity contribution is 1.19. The maximum Gasteiger partial charge on any atom is 0.110 e. The van der Waals surface area contributed by atoms with Gasteiger partial charge in [-0.2, -0.15) is 5.26 Å². The van der Waals surface area contributed by atoms with Crippen molar-refractivity contribution in [3.8, 4) is 6.07 Å². The fraction of sp³-hybridized carbons (Fsp3) is 0.0833. The summed E-state index contributed by atoms with van der Waals surface area (Å²) in [6.45, 7) is 0.687. The molecule has 0 aliphatic carbocycles. The summed E-state index contributed by atoms with van der Waals surface area (Å²) in [5.41, 5.74) is 0.916. The van der Waals surface area contributed by atoms with Crippen LogP contribution in [-0.4, -0.2) is 0 Å². The maximum atomic E-state index is 8.73. The minimum absolute atomic E-state index is 0.687. The predicted molar refractivity (Wildman–Crippen MR) is 80.5 cm³/mol. The van der Waals surface area contributed by atoms with Crippen molar-refractivity contribution in [2.24, 2.45) is 0 Å². The average Bonchev–Trinajstić information content (AvgIpc) is 2.76. The molecule has 0 amide bonds. The first kappa shape index (κ1) is 12.7. The summed E-state index contributed by atoms with van der Waals surface area (Å²) < 4.78 is 1.11. The molecule has 0 spiro atoms. The molecule has 0 fully saturated rings. The van der Waals surface area contributed by atoms with Gasteiger partial charge in [0.25, 0.3) is 0 Å². The summed E-state index contributed by atoms with van der Waals surface area (Å²) in [5, 5.41) is 12.7. The topological polar surface area (TPSA) is 35.8 Å². The van der Waals surface area contributed by atoms with Crippen LogP contribution in [0.2, 0.25) is 5.02 Å². The first-order chi connectivity index (χ1) is 8.19. The Hall–Kier alpha value is -0.770. The molecule has 2 aromatic rings. The molecule has 2 rings (SSSR count). The van der Waals surface area contributed by atoms with Crippen LogP contribution in [0.1, 0.15) is 9.75 Å². The minimum atomic E-state index is 0.687. The van der Waals surface area contributed by atoms with E-state index >= 15 is 0 Å². The van der Waals surface area contributed by atoms with Crippen molar-refractivity contribution >= 4 is 51.2 Å².